The molecule has 0 aliphatic carbocycles. The number of nitrogens with zero attached hydrogens (tertiary/aromatic N) is 3. The van der Waals surface area contributed by atoms with E-state index in [-0.39, 0.29) is 6.10 Å². The highest BCUT2D eigenvalue weighted by Crippen LogP contribution is 2.34. The molecule has 1 fully saturated rings. The van der Waals surface area contributed by atoms with Crippen LogP contribution in [0.4, 0.5) is 0 Å². The summed E-state index contributed by atoms with van der Waals surface area (Å²) in [6.07, 6.45) is 6.41. The van der Waals surface area contributed by atoms with Crippen molar-refractivity contribution in [2.75, 3.05) is 31.8 Å². The minimum Gasteiger partial charge on any atom is -0.490 e. The Morgan fingerprint density at radius 1 is 1.19 bits per heavy atom. The lowest BCUT2D eigenvalue weighted by molar-refractivity contribution is 0.139. The van der Waals surface area contributed by atoms with E-state index in [9.17, 15) is 5.26 Å². The summed E-state index contributed by atoms with van der Waals surface area (Å²) in [4.78, 5) is 0. The smallest absolute Gasteiger partial charge is 0.155 e. The van der Waals surface area contributed by atoms with E-state index in [2.05, 4.69) is 22.7 Å². The molecule has 1 saturated heterocycles. The number of piperidine rings is 1. The van der Waals surface area contributed by atoms with Crippen molar-refractivity contribution in [3.05, 3.63) is 53.2 Å². The number of fused-ring (bicyclic) bond motifs is 1. The summed E-state index contributed by atoms with van der Waals surface area (Å²) in [6, 6.07) is 13.9. The van der Waals surface area contributed by atoms with Crippen LogP contribution in [-0.2, 0) is 0 Å². The Labute approximate surface area is 196 Å². The third-order valence-electron chi connectivity index (χ3n) is 5.37. The van der Waals surface area contributed by atoms with Crippen molar-refractivity contribution in [1.29, 1.82) is 5.26 Å². The summed E-state index contributed by atoms with van der Waals surface area (Å²) in [5, 5.41) is 11.0. The molecule has 0 bridgehead atoms. The van der Waals surface area contributed by atoms with Crippen LogP contribution in [0.3, 0.4) is 0 Å². The highest BCUT2D eigenvalue weighted by Gasteiger charge is 2.20. The first kappa shape index (κ1) is 22.2. The number of ether oxygens (including phenoxy) is 2. The van der Waals surface area contributed by atoms with Crippen LogP contribution >= 0.6 is 35.1 Å². The number of rotatable bonds is 7. The van der Waals surface area contributed by atoms with Gasteiger partial charge in [-0.1, -0.05) is 23.5 Å². The molecule has 1 aliphatic heterocycles. The van der Waals surface area contributed by atoms with Crippen LogP contribution in [0.25, 0.3) is 16.6 Å². The van der Waals surface area contributed by atoms with Gasteiger partial charge in [-0.05, 0) is 55.5 Å². The first-order chi connectivity index (χ1) is 15.1. The molecule has 0 atom stereocenters. The first-order valence-electron chi connectivity index (χ1n) is 10.1. The largest absolute Gasteiger partial charge is 0.490 e. The minimum atomic E-state index is 0.250. The van der Waals surface area contributed by atoms with Crippen molar-refractivity contribution in [2.24, 2.45) is 0 Å². The quantitative estimate of drug-likeness (QED) is 0.314. The van der Waals surface area contributed by atoms with E-state index in [1.54, 1.807) is 24.1 Å². The topological polar surface area (TPSA) is 50.4 Å². The molecule has 2 aromatic carbocycles. The van der Waals surface area contributed by atoms with Gasteiger partial charge in [0.1, 0.15) is 24.5 Å². The molecule has 0 spiro atoms. The van der Waals surface area contributed by atoms with Crippen LogP contribution in [0.1, 0.15) is 18.4 Å². The fourth-order valence-corrected chi connectivity index (χ4v) is 4.75. The second kappa shape index (κ2) is 10.1. The van der Waals surface area contributed by atoms with Crippen LogP contribution < -0.4 is 9.47 Å². The molecule has 0 unspecified atom stereocenters. The van der Waals surface area contributed by atoms with Gasteiger partial charge < -0.3 is 14.0 Å². The molecule has 4 rings (SSSR count). The first-order valence-corrected chi connectivity index (χ1v) is 12.2. The molecule has 0 radical (unpaired) electrons. The Balaban J connectivity index is 1.57. The SMILES string of the molecule is CSN1CCC(Oc2ccc3c(ccn3-c3cc(Cl)c(OCCCl)c(C#N)c3)c2)CC1. The zero-order chi connectivity index (χ0) is 21.8. The molecule has 1 aromatic heterocycles. The Bertz CT molecular complexity index is 1100. The molecule has 31 heavy (non-hydrogen) atoms. The number of halogens is 2. The zero-order valence-electron chi connectivity index (χ0n) is 17.2. The van der Waals surface area contributed by atoms with Gasteiger partial charge in [-0.25, -0.2) is 0 Å². The van der Waals surface area contributed by atoms with E-state index >= 15 is 0 Å². The third kappa shape index (κ3) is 4.91. The molecule has 0 N–H and O–H groups in total. The number of hydrogen-bond acceptors (Lipinski definition) is 5. The second-order valence-electron chi connectivity index (χ2n) is 7.29. The maximum Gasteiger partial charge on any atom is 0.155 e. The van der Waals surface area contributed by atoms with Gasteiger partial charge in [0, 0.05) is 30.4 Å². The molecule has 5 nitrogen and oxygen atoms in total. The van der Waals surface area contributed by atoms with Gasteiger partial charge in [0.25, 0.3) is 0 Å². The predicted octanol–water partition coefficient (Wildman–Crippen LogP) is 5.89. The van der Waals surface area contributed by atoms with Gasteiger partial charge in [-0.3, -0.25) is 4.31 Å². The Morgan fingerprint density at radius 2 is 2.00 bits per heavy atom. The molecule has 0 amide bonds. The third-order valence-corrected chi connectivity index (χ3v) is 6.69. The van der Waals surface area contributed by atoms with Crippen LogP contribution in [0.2, 0.25) is 5.02 Å². The molecular formula is C23H23Cl2N3O2S. The molecule has 0 saturated carbocycles. The molecule has 8 heteroatoms. The van der Waals surface area contributed by atoms with Gasteiger partial charge >= 0.3 is 0 Å². The standard InChI is InChI=1S/C23H23Cl2N3O2S/c1-31-27-8-5-19(6-9-27)30-20-2-3-22-16(13-20)4-10-28(22)18-12-17(15-26)23(21(25)14-18)29-11-7-24/h2-4,10,12-14,19H,5-9,11H2,1H3. The maximum absolute atomic E-state index is 9.55. The molecule has 2 heterocycles. The summed E-state index contributed by atoms with van der Waals surface area (Å²) >= 11 is 13.9. The van der Waals surface area contributed by atoms with Gasteiger partial charge in [0.2, 0.25) is 0 Å². The van der Waals surface area contributed by atoms with Crippen molar-refractivity contribution in [2.45, 2.75) is 18.9 Å². The number of nitriles is 1. The van der Waals surface area contributed by atoms with Crippen molar-refractivity contribution in [3.63, 3.8) is 0 Å². The van der Waals surface area contributed by atoms with Gasteiger partial charge in [0.05, 0.1) is 22.0 Å². The van der Waals surface area contributed by atoms with E-state index in [1.165, 1.54) is 0 Å². The van der Waals surface area contributed by atoms with Gasteiger partial charge in [-0.15, -0.1) is 11.6 Å². The van der Waals surface area contributed by atoms with Crippen LogP contribution in [0, 0.1) is 11.3 Å². The summed E-state index contributed by atoms with van der Waals surface area (Å²) in [5.41, 5.74) is 2.19. The van der Waals surface area contributed by atoms with Crippen LogP contribution in [-0.4, -0.2) is 46.8 Å². The maximum atomic E-state index is 9.55. The highest BCUT2D eigenvalue weighted by atomic mass is 35.5. The lowest BCUT2D eigenvalue weighted by Gasteiger charge is -2.30. The molecule has 1 aliphatic rings. The highest BCUT2D eigenvalue weighted by molar-refractivity contribution is 7.96. The Morgan fingerprint density at radius 3 is 2.71 bits per heavy atom. The summed E-state index contributed by atoms with van der Waals surface area (Å²) in [7, 11) is 0. The molecule has 162 valence electrons. The van der Waals surface area contributed by atoms with Crippen LogP contribution in [0.15, 0.2) is 42.6 Å². The second-order valence-corrected chi connectivity index (χ2v) is 8.96. The van der Waals surface area contributed by atoms with Crippen molar-refractivity contribution >= 4 is 46.1 Å². The zero-order valence-corrected chi connectivity index (χ0v) is 19.5. The fourth-order valence-electron chi connectivity index (χ4n) is 3.83. The van der Waals surface area contributed by atoms with Gasteiger partial charge in [-0.2, -0.15) is 5.26 Å². The number of hydrogen-bond donors (Lipinski definition) is 0. The Hall–Kier alpha value is -2.04. The molecule has 3 aromatic rings. The number of aromatic nitrogens is 1. The van der Waals surface area contributed by atoms with E-state index in [0.29, 0.717) is 28.8 Å². The molecular weight excluding hydrogens is 453 g/mol. The summed E-state index contributed by atoms with van der Waals surface area (Å²) in [5.74, 6) is 1.58. The normalized spacial score (nSPS) is 15.2. The average Bonchev–Trinajstić information content (AvgIpc) is 3.21. The number of alkyl halides is 1. The van der Waals surface area contributed by atoms with E-state index in [1.807, 2.05) is 29.0 Å². The van der Waals surface area contributed by atoms with E-state index in [0.717, 1.165) is 48.3 Å². The van der Waals surface area contributed by atoms with Crippen molar-refractivity contribution < 1.29 is 9.47 Å². The van der Waals surface area contributed by atoms with E-state index in [4.69, 9.17) is 32.7 Å². The fraction of sp³-hybridized carbons (Fsp3) is 0.348. The monoisotopic (exact) mass is 475 g/mol. The van der Waals surface area contributed by atoms with E-state index < -0.39 is 0 Å². The minimum absolute atomic E-state index is 0.250. The summed E-state index contributed by atoms with van der Waals surface area (Å²) < 4.78 is 16.2. The lowest BCUT2D eigenvalue weighted by atomic mass is 10.1. The predicted molar refractivity (Wildman–Crippen MR) is 128 cm³/mol. The summed E-state index contributed by atoms with van der Waals surface area (Å²) in [6.45, 7) is 2.40. The van der Waals surface area contributed by atoms with Crippen molar-refractivity contribution in [1.82, 2.24) is 8.87 Å². The van der Waals surface area contributed by atoms with Crippen molar-refractivity contribution in [3.8, 4) is 23.3 Å². The average molecular weight is 476 g/mol. The Kier molecular flexibility index (Phi) is 7.19. The number of benzene rings is 2. The lowest BCUT2D eigenvalue weighted by Crippen LogP contribution is -2.34. The van der Waals surface area contributed by atoms with Gasteiger partial charge in [0.15, 0.2) is 5.75 Å². The van der Waals surface area contributed by atoms with Crippen LogP contribution in [0.5, 0.6) is 11.5 Å².